The smallest absolute Gasteiger partial charge is 0.328 e. The summed E-state index contributed by atoms with van der Waals surface area (Å²) in [5, 5.41) is 26.3. The first kappa shape index (κ1) is 19.2. The van der Waals surface area contributed by atoms with Crippen LogP contribution >= 0.6 is 0 Å². The number of nitrogens with one attached hydrogen (secondary N) is 1. The van der Waals surface area contributed by atoms with Crippen molar-refractivity contribution in [2.45, 2.75) is 12.8 Å². The van der Waals surface area contributed by atoms with Crippen molar-refractivity contribution in [3.05, 3.63) is 40.7 Å². The Morgan fingerprint density at radius 3 is 2.21 bits per heavy atom. The van der Waals surface area contributed by atoms with Gasteiger partial charge in [0.15, 0.2) is 5.69 Å². The molecule has 3 N–H and O–H groups in total. The number of aromatic nitrogens is 1. The van der Waals surface area contributed by atoms with Crippen LogP contribution in [-0.4, -0.2) is 52.2 Å². The second-order valence-electron chi connectivity index (χ2n) is 5.01. The Balaban J connectivity index is 0.000000307. The number of hydrogen-bond donors (Lipinski definition) is 3. The van der Waals surface area contributed by atoms with Gasteiger partial charge in [0.1, 0.15) is 19.3 Å². The molecule has 24 heavy (non-hydrogen) atoms. The number of quaternary nitrogens is 1. The molecule has 0 unspecified atom stereocenters. The van der Waals surface area contributed by atoms with E-state index in [0.29, 0.717) is 16.7 Å². The first-order valence-electron chi connectivity index (χ1n) is 7.11. The van der Waals surface area contributed by atoms with Crippen molar-refractivity contribution in [1.82, 2.24) is 15.0 Å². The van der Waals surface area contributed by atoms with Crippen LogP contribution < -0.4 is 10.0 Å². The second kappa shape index (κ2) is 8.70. The van der Waals surface area contributed by atoms with Gasteiger partial charge in [-0.1, -0.05) is 0 Å². The minimum atomic E-state index is -1.26. The maximum absolute atomic E-state index is 10.7. The van der Waals surface area contributed by atoms with Crippen molar-refractivity contribution in [2.24, 2.45) is 0 Å². The van der Waals surface area contributed by atoms with Gasteiger partial charge in [-0.3, -0.25) is 15.1 Å². The fourth-order valence-electron chi connectivity index (χ4n) is 2.38. The largest absolute Gasteiger partial charge is 0.478 e. The van der Waals surface area contributed by atoms with E-state index in [0.717, 1.165) is 31.6 Å². The van der Waals surface area contributed by atoms with Crippen molar-refractivity contribution in [2.75, 3.05) is 20.1 Å². The van der Waals surface area contributed by atoms with Crippen LogP contribution in [0.3, 0.4) is 0 Å². The summed E-state index contributed by atoms with van der Waals surface area (Å²) in [7, 11) is 1.88. The van der Waals surface area contributed by atoms with Crippen molar-refractivity contribution >= 4 is 23.3 Å². The summed E-state index contributed by atoms with van der Waals surface area (Å²) >= 11 is 0. The van der Waals surface area contributed by atoms with Gasteiger partial charge in [-0.25, -0.2) is 14.2 Å². The van der Waals surface area contributed by atoms with Gasteiger partial charge in [-0.15, -0.1) is 0 Å². The normalized spacial score (nSPS) is 15.5. The molecular formula is C14H19N4O6+. The number of nitrogens with zero attached hydrogens (tertiary/aromatic N) is 3. The molecule has 0 atom stereocenters. The molecule has 0 bridgehead atoms. The molecule has 1 fully saturated rings. The molecule has 0 spiro atoms. The molecule has 1 aromatic heterocycles. The standard InChI is InChI=1S/C10H15N4O2.C4H4O4/c1-11-14(4-2-3-5-14)10-6-9(13(15)16)7-12-8-10;5-3(6)1-2-4(7)8/h6-8,11H,2-5H2,1H3;1-2H,(H,5,6)(H,7,8)/q+1;/b;2-1+. The Hall–Kier alpha value is -2.85. The molecular weight excluding hydrogens is 320 g/mol. The summed E-state index contributed by atoms with van der Waals surface area (Å²) in [5.74, 6) is -2.51. The predicted octanol–water partition coefficient (Wildman–Crippen LogP) is 0.937. The van der Waals surface area contributed by atoms with E-state index in [1.165, 1.54) is 6.20 Å². The number of rotatable bonds is 5. The Morgan fingerprint density at radius 2 is 1.79 bits per heavy atom. The average Bonchev–Trinajstić information content (AvgIpc) is 3.04. The summed E-state index contributed by atoms with van der Waals surface area (Å²) in [4.78, 5) is 33.3. The van der Waals surface area contributed by atoms with Gasteiger partial charge >= 0.3 is 11.9 Å². The lowest BCUT2D eigenvalue weighted by Gasteiger charge is -2.30. The quantitative estimate of drug-likeness (QED) is 0.311. The van der Waals surface area contributed by atoms with Crippen molar-refractivity contribution < 1.29 is 24.7 Å². The van der Waals surface area contributed by atoms with Crippen LogP contribution in [0, 0.1) is 10.1 Å². The SMILES string of the molecule is CN[N+]1(c2cncc([N+](=O)[O-])c2)CCCC1.O=C(O)/C=C/C(=O)O. The second-order valence-corrected chi connectivity index (χ2v) is 5.01. The number of aliphatic carboxylic acids is 2. The zero-order valence-corrected chi connectivity index (χ0v) is 13.1. The van der Waals surface area contributed by atoms with Crippen LogP contribution in [0.15, 0.2) is 30.6 Å². The molecule has 1 aliphatic heterocycles. The Labute approximate surface area is 137 Å². The van der Waals surface area contributed by atoms with Crippen molar-refractivity contribution in [3.8, 4) is 0 Å². The van der Waals surface area contributed by atoms with Crippen LogP contribution in [0.5, 0.6) is 0 Å². The van der Waals surface area contributed by atoms with Crippen LogP contribution in [0.25, 0.3) is 0 Å². The van der Waals surface area contributed by atoms with Crippen LogP contribution in [0.2, 0.25) is 0 Å². The van der Waals surface area contributed by atoms with Gasteiger partial charge in [0.25, 0.3) is 5.69 Å². The van der Waals surface area contributed by atoms with Crippen molar-refractivity contribution in [1.29, 1.82) is 0 Å². The van der Waals surface area contributed by atoms with E-state index >= 15 is 0 Å². The predicted molar refractivity (Wildman–Crippen MR) is 85.1 cm³/mol. The van der Waals surface area contributed by atoms with Gasteiger partial charge in [0.2, 0.25) is 0 Å². The topological polar surface area (TPSA) is 143 Å². The van der Waals surface area contributed by atoms with E-state index in [1.54, 1.807) is 12.3 Å². The molecule has 2 rings (SSSR count). The first-order chi connectivity index (χ1) is 11.3. The lowest BCUT2D eigenvalue weighted by atomic mass is 10.3. The molecule has 10 heteroatoms. The minimum Gasteiger partial charge on any atom is -0.478 e. The number of carbonyl (C=O) groups is 2. The molecule has 1 aromatic rings. The van der Waals surface area contributed by atoms with E-state index in [4.69, 9.17) is 10.2 Å². The zero-order chi connectivity index (χ0) is 18.2. The monoisotopic (exact) mass is 339 g/mol. The molecule has 0 aliphatic carbocycles. The third kappa shape index (κ3) is 5.41. The summed E-state index contributed by atoms with van der Waals surface area (Å²) in [6, 6.07) is 1.61. The van der Waals surface area contributed by atoms with Gasteiger partial charge in [0, 0.05) is 32.0 Å². The van der Waals surface area contributed by atoms with E-state index in [9.17, 15) is 19.7 Å². The van der Waals surface area contributed by atoms with E-state index < -0.39 is 16.9 Å². The molecule has 0 aromatic carbocycles. The first-order valence-corrected chi connectivity index (χ1v) is 7.11. The maximum atomic E-state index is 10.7. The summed E-state index contributed by atoms with van der Waals surface area (Å²) in [5.41, 5.74) is 4.16. The Morgan fingerprint density at radius 1 is 1.25 bits per heavy atom. The summed E-state index contributed by atoms with van der Waals surface area (Å²) < 4.78 is 0.592. The Kier molecular flexibility index (Phi) is 6.96. The highest BCUT2D eigenvalue weighted by Crippen LogP contribution is 2.28. The van der Waals surface area contributed by atoms with E-state index in [-0.39, 0.29) is 5.69 Å². The molecule has 1 saturated heterocycles. The van der Waals surface area contributed by atoms with Crippen LogP contribution in [0.1, 0.15) is 12.8 Å². The number of hydrogen-bond acceptors (Lipinski definition) is 6. The summed E-state index contributed by atoms with van der Waals surface area (Å²) in [6.07, 6.45) is 6.36. The van der Waals surface area contributed by atoms with Crippen LogP contribution in [-0.2, 0) is 9.59 Å². The van der Waals surface area contributed by atoms with Gasteiger partial charge in [-0.05, 0) is 0 Å². The third-order valence-corrected chi connectivity index (χ3v) is 3.54. The molecule has 0 amide bonds. The molecule has 0 saturated carbocycles. The molecule has 0 radical (unpaired) electrons. The molecule has 2 heterocycles. The third-order valence-electron chi connectivity index (χ3n) is 3.54. The van der Waals surface area contributed by atoms with Crippen LogP contribution in [0.4, 0.5) is 11.4 Å². The minimum absolute atomic E-state index is 0.0529. The fourth-order valence-corrected chi connectivity index (χ4v) is 2.38. The van der Waals surface area contributed by atoms with Gasteiger partial charge < -0.3 is 10.2 Å². The fraction of sp³-hybridized carbons (Fsp3) is 0.357. The number of carboxylic acids is 2. The van der Waals surface area contributed by atoms with E-state index in [1.807, 2.05) is 7.05 Å². The highest BCUT2D eigenvalue weighted by molar-refractivity contribution is 5.89. The van der Waals surface area contributed by atoms with Crippen molar-refractivity contribution in [3.63, 3.8) is 0 Å². The maximum Gasteiger partial charge on any atom is 0.328 e. The zero-order valence-electron chi connectivity index (χ0n) is 13.1. The molecule has 10 nitrogen and oxygen atoms in total. The molecule has 1 aliphatic rings. The van der Waals surface area contributed by atoms with E-state index in [2.05, 4.69) is 10.4 Å². The number of carboxylic acid groups (broad SMARTS) is 2. The average molecular weight is 339 g/mol. The van der Waals surface area contributed by atoms with Gasteiger partial charge in [-0.2, -0.15) is 5.43 Å². The lowest BCUT2D eigenvalue weighted by molar-refractivity contribution is -0.385. The van der Waals surface area contributed by atoms with Gasteiger partial charge in [0.05, 0.1) is 17.2 Å². The highest BCUT2D eigenvalue weighted by Gasteiger charge is 2.35. The number of nitro groups is 1. The molecule has 130 valence electrons. The highest BCUT2D eigenvalue weighted by atomic mass is 16.6. The lowest BCUT2D eigenvalue weighted by Crippen LogP contribution is -2.55. The Bertz CT molecular complexity index is 624. The number of pyridine rings is 1. The summed E-state index contributed by atoms with van der Waals surface area (Å²) in [6.45, 7) is 1.92.